The molecule has 0 aliphatic carbocycles. The Labute approximate surface area is 66.4 Å². The minimum Gasteiger partial charge on any atom is -0.364 e. The van der Waals surface area contributed by atoms with Gasteiger partial charge in [-0.05, 0) is 20.8 Å². The lowest BCUT2D eigenvalue weighted by atomic mass is 10.1. The molecule has 9 heavy (non-hydrogen) atoms. The SMILES string of the molecule is CC(C)(C)N[Si]N([Si])[Si]. The van der Waals surface area contributed by atoms with Crippen LogP contribution in [0.15, 0.2) is 0 Å². The molecular formula is C4H10N2Si3. The number of hydrogen-bond acceptors (Lipinski definition) is 2. The molecule has 0 aromatic carbocycles. The molecule has 0 atom stereocenters. The van der Waals surface area contributed by atoms with E-state index in [1.807, 2.05) is 0 Å². The quantitative estimate of drug-likeness (QED) is 0.556. The molecule has 0 aromatic heterocycles. The molecule has 1 N–H and O–H groups in total. The molecule has 0 fully saturated rings. The molecule has 2 nitrogen and oxygen atoms in total. The number of nitrogens with zero attached hydrogens (tertiary/aromatic N) is 1. The molecule has 0 aliphatic heterocycles. The van der Waals surface area contributed by atoms with Crippen molar-refractivity contribution in [3.8, 4) is 0 Å². The zero-order chi connectivity index (χ0) is 7.49. The van der Waals surface area contributed by atoms with E-state index in [-0.39, 0.29) is 5.54 Å². The van der Waals surface area contributed by atoms with Gasteiger partial charge in [0, 0.05) is 5.54 Å². The lowest BCUT2D eigenvalue weighted by Crippen LogP contribution is -2.45. The second-order valence-corrected chi connectivity index (χ2v) is 5.98. The van der Waals surface area contributed by atoms with Crippen molar-refractivity contribution in [3.05, 3.63) is 0 Å². The van der Waals surface area contributed by atoms with Crippen molar-refractivity contribution >= 4 is 30.7 Å². The van der Waals surface area contributed by atoms with E-state index in [9.17, 15) is 0 Å². The summed E-state index contributed by atoms with van der Waals surface area (Å²) in [6.45, 7) is 6.38. The highest BCUT2D eigenvalue weighted by Gasteiger charge is 2.08. The molecule has 0 saturated carbocycles. The van der Waals surface area contributed by atoms with Gasteiger partial charge in [0.05, 0.1) is 0 Å². The monoisotopic (exact) mass is 170 g/mol. The Kier molecular flexibility index (Phi) is 3.90. The van der Waals surface area contributed by atoms with Gasteiger partial charge in [-0.1, -0.05) is 0 Å². The van der Waals surface area contributed by atoms with Crippen LogP contribution >= 0.6 is 0 Å². The van der Waals surface area contributed by atoms with Gasteiger partial charge in [-0.15, -0.1) is 0 Å². The Morgan fingerprint density at radius 1 is 1.33 bits per heavy atom. The van der Waals surface area contributed by atoms with E-state index in [0.29, 0.717) is 9.84 Å². The third kappa shape index (κ3) is 8.57. The smallest absolute Gasteiger partial charge is 0.232 e. The van der Waals surface area contributed by atoms with Gasteiger partial charge in [-0.2, -0.15) is 0 Å². The summed E-state index contributed by atoms with van der Waals surface area (Å²) in [5, 5.41) is 0. The lowest BCUT2D eigenvalue weighted by molar-refractivity contribution is 0.518. The first kappa shape index (κ1) is 9.57. The van der Waals surface area contributed by atoms with Crippen LogP contribution < -0.4 is 4.98 Å². The van der Waals surface area contributed by atoms with E-state index >= 15 is 0 Å². The molecule has 0 aliphatic rings. The van der Waals surface area contributed by atoms with Gasteiger partial charge in [0.25, 0.3) is 0 Å². The molecule has 5 heteroatoms. The van der Waals surface area contributed by atoms with Gasteiger partial charge in [-0.25, -0.2) is 0 Å². The summed E-state index contributed by atoms with van der Waals surface area (Å²) in [4.78, 5) is 3.28. The highest BCUT2D eigenvalue weighted by molar-refractivity contribution is 6.51. The Morgan fingerprint density at radius 3 is 1.89 bits per heavy atom. The third-order valence-corrected chi connectivity index (χ3v) is 2.30. The van der Waals surface area contributed by atoms with E-state index in [1.165, 1.54) is 0 Å². The number of hydrogen-bond donors (Lipinski definition) is 1. The van der Waals surface area contributed by atoms with Crippen molar-refractivity contribution in [3.63, 3.8) is 0 Å². The molecule has 0 rings (SSSR count). The first-order valence-corrected chi connectivity index (χ1v) is 4.51. The van der Waals surface area contributed by atoms with Gasteiger partial charge in [0.15, 0.2) is 0 Å². The maximum Gasteiger partial charge on any atom is 0.232 e. The summed E-state index contributed by atoms with van der Waals surface area (Å²) < 4.78 is 1.76. The minimum absolute atomic E-state index is 0.190. The number of nitrogens with one attached hydrogen (secondary N) is 1. The fraction of sp³-hybridized carbons (Fsp3) is 1.00. The second kappa shape index (κ2) is 3.67. The van der Waals surface area contributed by atoms with Crippen LogP contribution in [-0.2, 0) is 0 Å². The standard InChI is InChI=1S/C4H10N2Si3/c1-4(2,3)5-9-6(7)8/h5H,1-3H3. The average molecular weight is 170 g/mol. The van der Waals surface area contributed by atoms with Crippen molar-refractivity contribution in [2.24, 2.45) is 0 Å². The first-order valence-electron chi connectivity index (χ1n) is 2.67. The molecule has 0 unspecified atom stereocenters. The normalized spacial score (nSPS) is 12.7. The molecule has 0 heterocycles. The van der Waals surface area contributed by atoms with E-state index in [2.05, 4.69) is 46.6 Å². The van der Waals surface area contributed by atoms with Gasteiger partial charge < -0.3 is 8.88 Å². The van der Waals surface area contributed by atoms with Crippen molar-refractivity contribution < 1.29 is 0 Å². The first-order chi connectivity index (χ1) is 3.92. The Bertz CT molecular complexity index is 78.4. The summed E-state index contributed by atoms with van der Waals surface area (Å²) in [5.41, 5.74) is 0.190. The molecule has 0 bridgehead atoms. The summed E-state index contributed by atoms with van der Waals surface area (Å²) in [5.74, 6) is 0. The molecule has 0 aromatic rings. The van der Waals surface area contributed by atoms with Crippen LogP contribution in [0.2, 0.25) is 0 Å². The van der Waals surface area contributed by atoms with Gasteiger partial charge in [0.2, 0.25) is 9.84 Å². The summed E-state index contributed by atoms with van der Waals surface area (Å²) in [6, 6.07) is 0. The molecule has 48 valence electrons. The zero-order valence-electron chi connectivity index (χ0n) is 5.95. The van der Waals surface area contributed by atoms with Crippen LogP contribution in [0.1, 0.15) is 20.8 Å². The van der Waals surface area contributed by atoms with E-state index < -0.39 is 0 Å². The summed E-state index contributed by atoms with van der Waals surface area (Å²) in [7, 11) is 7.09. The molecule has 8 radical (unpaired) electrons. The Morgan fingerprint density at radius 2 is 1.78 bits per heavy atom. The van der Waals surface area contributed by atoms with Crippen molar-refractivity contribution in [1.29, 1.82) is 0 Å². The molecule has 0 spiro atoms. The molecule has 0 saturated heterocycles. The van der Waals surface area contributed by atoms with Crippen LogP contribution in [0.4, 0.5) is 0 Å². The number of rotatable bonds is 2. The lowest BCUT2D eigenvalue weighted by Gasteiger charge is -2.21. The maximum atomic E-state index is 3.28. The van der Waals surface area contributed by atoms with E-state index in [4.69, 9.17) is 0 Å². The Hall–Kier alpha value is 0.571. The van der Waals surface area contributed by atoms with Crippen molar-refractivity contribution in [2.75, 3.05) is 0 Å². The molecule has 0 amide bonds. The van der Waals surface area contributed by atoms with Crippen LogP contribution in [0, 0.1) is 0 Å². The van der Waals surface area contributed by atoms with Crippen LogP contribution in [-0.4, -0.2) is 40.1 Å². The predicted octanol–water partition coefficient (Wildman–Crippen LogP) is -0.622. The largest absolute Gasteiger partial charge is 0.364 e. The second-order valence-electron chi connectivity index (χ2n) is 2.82. The van der Waals surface area contributed by atoms with Gasteiger partial charge in [0.1, 0.15) is 20.8 Å². The predicted molar refractivity (Wildman–Crippen MR) is 42.0 cm³/mol. The van der Waals surface area contributed by atoms with Crippen LogP contribution in [0.3, 0.4) is 0 Å². The maximum absolute atomic E-state index is 3.28. The van der Waals surface area contributed by atoms with Crippen LogP contribution in [0.25, 0.3) is 0 Å². The fourth-order valence-electron chi connectivity index (χ4n) is 0.224. The fourth-order valence-corrected chi connectivity index (χ4v) is 1.01. The highest BCUT2D eigenvalue weighted by Crippen LogP contribution is 1.95. The van der Waals surface area contributed by atoms with Crippen molar-refractivity contribution in [1.82, 2.24) is 8.88 Å². The molecular weight excluding hydrogens is 160 g/mol. The van der Waals surface area contributed by atoms with Gasteiger partial charge >= 0.3 is 0 Å². The van der Waals surface area contributed by atoms with E-state index in [1.54, 1.807) is 3.90 Å². The van der Waals surface area contributed by atoms with Gasteiger partial charge in [-0.3, -0.25) is 0 Å². The highest BCUT2D eigenvalue weighted by atomic mass is 28.3. The zero-order valence-corrected chi connectivity index (χ0v) is 8.95. The van der Waals surface area contributed by atoms with Crippen molar-refractivity contribution in [2.45, 2.75) is 26.3 Å². The summed E-state index contributed by atoms with van der Waals surface area (Å²) in [6.07, 6.45) is 0. The summed E-state index contributed by atoms with van der Waals surface area (Å²) >= 11 is 0. The third-order valence-electron chi connectivity index (χ3n) is 0.543. The van der Waals surface area contributed by atoms with E-state index in [0.717, 1.165) is 0 Å². The van der Waals surface area contributed by atoms with Crippen LogP contribution in [0.5, 0.6) is 0 Å². The average Bonchev–Trinajstić information content (AvgIpc) is 1.59. The Balaban J connectivity index is 3.28. The minimum atomic E-state index is 0.190. The topological polar surface area (TPSA) is 15.3 Å².